The zero-order valence-electron chi connectivity index (χ0n) is 33.2. The topological polar surface area (TPSA) is 129 Å². The molecule has 0 spiro atoms. The van der Waals surface area contributed by atoms with E-state index in [4.69, 9.17) is 66.3 Å². The Bertz CT molecular complexity index is 1280. The molecule has 0 radical (unpaired) electrons. The minimum atomic E-state index is 0.262. The quantitative estimate of drug-likeness (QED) is 0.0514. The van der Waals surface area contributed by atoms with Crippen molar-refractivity contribution >= 4 is 15.9 Å². The molecule has 0 N–H and O–H groups in total. The summed E-state index contributed by atoms with van der Waals surface area (Å²) in [5.41, 5.74) is 2.72. The molecule has 0 aliphatic carbocycles. The van der Waals surface area contributed by atoms with Crippen LogP contribution in [0.2, 0.25) is 0 Å². The van der Waals surface area contributed by atoms with Crippen LogP contribution in [0.3, 0.4) is 0 Å². The predicted octanol–water partition coefficient (Wildman–Crippen LogP) is 5.91. The van der Waals surface area contributed by atoms with Gasteiger partial charge in [0.1, 0.15) is 74.1 Å². The number of hydrogen-bond donors (Lipinski definition) is 0. The molecule has 0 bridgehead atoms. The van der Waals surface area contributed by atoms with E-state index in [1.807, 2.05) is 54.6 Å². The molecule has 314 valence electrons. The number of ether oxygens (including phenoxy) is 14. The fourth-order valence-corrected chi connectivity index (χ4v) is 5.14. The molecule has 14 nitrogen and oxygen atoms in total. The first-order chi connectivity index (χ1) is 27.6. The summed E-state index contributed by atoms with van der Waals surface area (Å²) in [5, 5.41) is 0.612. The monoisotopic (exact) mass is 854 g/mol. The second-order valence-corrected chi connectivity index (χ2v) is 12.5. The van der Waals surface area contributed by atoms with Gasteiger partial charge >= 0.3 is 0 Å². The van der Waals surface area contributed by atoms with Gasteiger partial charge in [-0.05, 0) is 53.1 Å². The Morgan fingerprint density at radius 1 is 0.304 bits per heavy atom. The van der Waals surface area contributed by atoms with Crippen molar-refractivity contribution in [3.05, 3.63) is 71.3 Å². The molecule has 3 aromatic rings. The Balaban J connectivity index is 1.67. The smallest absolute Gasteiger partial charge is 0.123 e. The highest BCUT2D eigenvalue weighted by molar-refractivity contribution is 9.08. The van der Waals surface area contributed by atoms with Crippen molar-refractivity contribution in [2.24, 2.45) is 0 Å². The molecular formula is C41H59BrO14. The molecule has 0 amide bonds. The minimum absolute atomic E-state index is 0.262. The van der Waals surface area contributed by atoms with Crippen LogP contribution in [0.15, 0.2) is 54.6 Å². The van der Waals surface area contributed by atoms with Crippen molar-refractivity contribution in [2.75, 3.05) is 134 Å². The van der Waals surface area contributed by atoms with E-state index in [2.05, 4.69) is 15.9 Å². The van der Waals surface area contributed by atoms with E-state index in [0.29, 0.717) is 146 Å². The highest BCUT2D eigenvalue weighted by Crippen LogP contribution is 2.29. The van der Waals surface area contributed by atoms with Crippen LogP contribution in [0.25, 0.3) is 0 Å². The minimum Gasteiger partial charge on any atom is -0.491 e. The van der Waals surface area contributed by atoms with E-state index in [9.17, 15) is 0 Å². The third kappa shape index (κ3) is 21.2. The average molecular weight is 856 g/mol. The van der Waals surface area contributed by atoms with E-state index in [-0.39, 0.29) is 13.2 Å². The summed E-state index contributed by atoms with van der Waals surface area (Å²) >= 11 is 3.58. The number of methoxy groups -OCH3 is 4. The summed E-state index contributed by atoms with van der Waals surface area (Å²) in [6.45, 7) is 7.81. The highest BCUT2D eigenvalue weighted by atomic mass is 79.9. The maximum absolute atomic E-state index is 6.31. The maximum Gasteiger partial charge on any atom is 0.123 e. The lowest BCUT2D eigenvalue weighted by Crippen LogP contribution is -2.11. The van der Waals surface area contributed by atoms with Crippen molar-refractivity contribution < 1.29 is 66.3 Å². The second kappa shape index (κ2) is 30.7. The zero-order chi connectivity index (χ0) is 39.9. The van der Waals surface area contributed by atoms with Gasteiger partial charge in [-0.15, -0.1) is 0 Å². The van der Waals surface area contributed by atoms with Crippen LogP contribution in [-0.4, -0.2) is 134 Å². The van der Waals surface area contributed by atoms with Crippen LogP contribution in [0, 0.1) is 0 Å². The van der Waals surface area contributed by atoms with E-state index in [1.165, 1.54) is 0 Å². The van der Waals surface area contributed by atoms with Gasteiger partial charge in [0, 0.05) is 52.0 Å². The molecule has 3 rings (SSSR count). The number of hydrogen-bond acceptors (Lipinski definition) is 14. The Hall–Kier alpha value is -3.38. The third-order valence-corrected chi connectivity index (χ3v) is 8.15. The van der Waals surface area contributed by atoms with Crippen LogP contribution in [0.4, 0.5) is 0 Å². The fraction of sp³-hybridized carbons (Fsp3) is 0.561. The van der Waals surface area contributed by atoms with Crippen LogP contribution in [0.1, 0.15) is 16.7 Å². The first-order valence-corrected chi connectivity index (χ1v) is 19.7. The molecule has 0 aliphatic rings. The Labute approximate surface area is 339 Å². The van der Waals surface area contributed by atoms with Crippen molar-refractivity contribution in [2.45, 2.75) is 18.5 Å². The highest BCUT2D eigenvalue weighted by Gasteiger charge is 2.10. The molecule has 0 aliphatic heterocycles. The molecule has 15 heteroatoms. The molecule has 0 unspecified atom stereocenters. The van der Waals surface area contributed by atoms with E-state index < -0.39 is 0 Å². The molecule has 0 heterocycles. The lowest BCUT2D eigenvalue weighted by atomic mass is 10.2. The molecule has 3 aromatic carbocycles. The first kappa shape index (κ1) is 47.0. The molecule has 0 atom stereocenters. The van der Waals surface area contributed by atoms with Gasteiger partial charge in [0.2, 0.25) is 0 Å². The Morgan fingerprint density at radius 3 is 0.821 bits per heavy atom. The zero-order valence-corrected chi connectivity index (χ0v) is 34.8. The van der Waals surface area contributed by atoms with Gasteiger partial charge in [-0.25, -0.2) is 0 Å². The predicted molar refractivity (Wildman–Crippen MR) is 213 cm³/mol. The average Bonchev–Trinajstić information content (AvgIpc) is 3.21. The van der Waals surface area contributed by atoms with E-state index in [0.717, 1.165) is 16.7 Å². The van der Waals surface area contributed by atoms with Crippen LogP contribution >= 0.6 is 15.9 Å². The van der Waals surface area contributed by atoms with Gasteiger partial charge in [0.15, 0.2) is 0 Å². The lowest BCUT2D eigenvalue weighted by molar-refractivity contribution is 0.0532. The lowest BCUT2D eigenvalue weighted by Gasteiger charge is -2.15. The Morgan fingerprint density at radius 2 is 0.554 bits per heavy atom. The van der Waals surface area contributed by atoms with Gasteiger partial charge in [-0.2, -0.15) is 0 Å². The SMILES string of the molecule is COCCOCCOc1cc(COc2cc(CBr)cc(OCc3cc(OCCOCCOC)cc(OCCOCCOC)c3)c2)cc(OCCOCCOC)c1. The van der Waals surface area contributed by atoms with Crippen LogP contribution in [0.5, 0.6) is 34.5 Å². The van der Waals surface area contributed by atoms with Gasteiger partial charge in [-0.1, -0.05) is 15.9 Å². The van der Waals surface area contributed by atoms with Crippen molar-refractivity contribution in [1.29, 1.82) is 0 Å². The second-order valence-electron chi connectivity index (χ2n) is 12.0. The number of halogens is 1. The van der Waals surface area contributed by atoms with Gasteiger partial charge in [-0.3, -0.25) is 0 Å². The number of rotatable bonds is 35. The van der Waals surface area contributed by atoms with Crippen molar-refractivity contribution in [3.63, 3.8) is 0 Å². The summed E-state index contributed by atoms with van der Waals surface area (Å²) in [4.78, 5) is 0. The largest absolute Gasteiger partial charge is 0.491 e. The molecule has 0 saturated carbocycles. The maximum atomic E-state index is 6.31. The van der Waals surface area contributed by atoms with Crippen LogP contribution < -0.4 is 28.4 Å². The number of alkyl halides is 1. The van der Waals surface area contributed by atoms with Gasteiger partial charge < -0.3 is 66.3 Å². The summed E-state index contributed by atoms with van der Waals surface area (Å²) in [6, 6.07) is 17.2. The third-order valence-electron chi connectivity index (χ3n) is 7.50. The summed E-state index contributed by atoms with van der Waals surface area (Å²) in [6.07, 6.45) is 0. The fourth-order valence-electron chi connectivity index (χ4n) is 4.82. The van der Waals surface area contributed by atoms with Crippen molar-refractivity contribution in [3.8, 4) is 34.5 Å². The van der Waals surface area contributed by atoms with Crippen molar-refractivity contribution in [1.82, 2.24) is 0 Å². The van der Waals surface area contributed by atoms with E-state index >= 15 is 0 Å². The summed E-state index contributed by atoms with van der Waals surface area (Å²) in [7, 11) is 6.55. The molecule has 0 saturated heterocycles. The molecule has 0 fully saturated rings. The summed E-state index contributed by atoms with van der Waals surface area (Å²) < 4.78 is 78.9. The first-order valence-electron chi connectivity index (χ1n) is 18.6. The van der Waals surface area contributed by atoms with Gasteiger partial charge in [0.25, 0.3) is 0 Å². The molecular weight excluding hydrogens is 796 g/mol. The molecule has 0 aromatic heterocycles. The van der Waals surface area contributed by atoms with Gasteiger partial charge in [0.05, 0.1) is 79.3 Å². The summed E-state index contributed by atoms with van der Waals surface area (Å²) in [5.74, 6) is 3.85. The standard InChI is InChI=1S/C41H59BrO14/c1-43-5-9-47-13-17-51-36-23-34(24-37(27-36)52-18-14-48-10-6-44-2)31-55-40-21-33(30-42)22-41(29-40)56-32-35-25-38(53-19-15-49-11-7-45-3)28-39(26-35)54-20-16-50-12-8-46-4/h21-29H,5-20,30-32H2,1-4H3. The van der Waals surface area contributed by atoms with E-state index in [1.54, 1.807) is 28.4 Å². The Kier molecular flexibility index (Phi) is 25.8. The van der Waals surface area contributed by atoms with Crippen LogP contribution in [-0.2, 0) is 56.4 Å². The molecule has 56 heavy (non-hydrogen) atoms. The number of benzene rings is 3. The normalized spacial score (nSPS) is 11.1.